The lowest BCUT2D eigenvalue weighted by Crippen LogP contribution is -2.64. The summed E-state index contributed by atoms with van der Waals surface area (Å²) in [5.41, 5.74) is -0.995. The topological polar surface area (TPSA) is 249 Å². The summed E-state index contributed by atoms with van der Waals surface area (Å²) in [5.74, 6) is -2.03. The smallest absolute Gasteiger partial charge is 0.239 e. The molecular weight excluding hydrogens is 564 g/mol. The third-order valence-electron chi connectivity index (χ3n) is 7.21. The Kier molecular flexibility index (Phi) is 8.30. The molecule has 15 heteroatoms. The molecule has 0 radical (unpaired) electrons. The van der Waals surface area contributed by atoms with Crippen molar-refractivity contribution in [3.63, 3.8) is 0 Å². The molecule has 3 aromatic rings. The predicted molar refractivity (Wildman–Crippen MR) is 139 cm³/mol. The molecule has 42 heavy (non-hydrogen) atoms. The molecule has 0 unspecified atom stereocenters. The van der Waals surface area contributed by atoms with Crippen LogP contribution in [0.25, 0.3) is 22.3 Å². The molecule has 0 aliphatic carbocycles. The van der Waals surface area contributed by atoms with E-state index in [0.29, 0.717) is 0 Å². The van der Waals surface area contributed by atoms with Crippen LogP contribution in [0.15, 0.2) is 45.6 Å². The van der Waals surface area contributed by atoms with Crippen LogP contribution < -0.4 is 10.2 Å². The molecule has 0 spiro atoms. The molecule has 2 aromatic carbocycles. The number of phenols is 3. The quantitative estimate of drug-likeness (QED) is 0.159. The summed E-state index contributed by atoms with van der Waals surface area (Å²) in [6.07, 6.45) is -16.3. The minimum atomic E-state index is -1.87. The maximum absolute atomic E-state index is 13.7. The van der Waals surface area contributed by atoms with Gasteiger partial charge in [-0.3, -0.25) is 4.79 Å². The van der Waals surface area contributed by atoms with E-state index in [9.17, 15) is 50.8 Å². The first-order valence-electron chi connectivity index (χ1n) is 12.9. The molecule has 10 atom stereocenters. The molecule has 1 aromatic heterocycles. The minimum absolute atomic E-state index is 0.112. The lowest BCUT2D eigenvalue weighted by Gasteiger charge is -2.45. The number of fused-ring (bicyclic) bond motifs is 1. The van der Waals surface area contributed by atoms with Crippen molar-refractivity contribution in [3.8, 4) is 34.3 Å². The first-order valence-corrected chi connectivity index (χ1v) is 12.9. The highest BCUT2D eigenvalue weighted by Crippen LogP contribution is 2.38. The van der Waals surface area contributed by atoms with E-state index in [-0.39, 0.29) is 22.7 Å². The molecule has 9 N–H and O–H groups in total. The molecule has 0 amide bonds. The normalized spacial score (nSPS) is 33.5. The zero-order valence-electron chi connectivity index (χ0n) is 21.9. The first-order chi connectivity index (χ1) is 19.9. The van der Waals surface area contributed by atoms with Gasteiger partial charge in [-0.05, 0) is 31.2 Å². The van der Waals surface area contributed by atoms with Crippen molar-refractivity contribution in [2.45, 2.75) is 68.3 Å². The fraction of sp³-hybridized carbons (Fsp3) is 0.444. The summed E-state index contributed by atoms with van der Waals surface area (Å²) in [5, 5.41) is 91.6. The predicted octanol–water partition coefficient (Wildman–Crippen LogP) is -1.39. The Morgan fingerprint density at radius 2 is 1.50 bits per heavy atom. The van der Waals surface area contributed by atoms with E-state index in [1.807, 2.05) is 0 Å². The molecule has 2 aliphatic rings. The van der Waals surface area contributed by atoms with Gasteiger partial charge in [0, 0.05) is 17.7 Å². The zero-order valence-corrected chi connectivity index (χ0v) is 21.9. The Labute approximate surface area is 236 Å². The highest BCUT2D eigenvalue weighted by Gasteiger charge is 2.51. The van der Waals surface area contributed by atoms with Crippen LogP contribution in [0.4, 0.5) is 0 Å². The maximum Gasteiger partial charge on any atom is 0.239 e. The van der Waals surface area contributed by atoms with Gasteiger partial charge in [-0.25, -0.2) is 0 Å². The summed E-state index contributed by atoms with van der Waals surface area (Å²) < 4.78 is 28.5. The van der Waals surface area contributed by atoms with Crippen molar-refractivity contribution in [2.75, 3.05) is 6.61 Å². The molecular formula is C27H30O15. The molecule has 0 saturated carbocycles. The lowest BCUT2D eigenvalue weighted by molar-refractivity contribution is -0.354. The summed E-state index contributed by atoms with van der Waals surface area (Å²) in [6.45, 7) is 0.593. The largest absolute Gasteiger partial charge is 0.508 e. The fourth-order valence-corrected chi connectivity index (χ4v) is 4.87. The van der Waals surface area contributed by atoms with Gasteiger partial charge in [0.05, 0.1) is 12.7 Å². The van der Waals surface area contributed by atoms with Crippen LogP contribution in [0.1, 0.15) is 6.92 Å². The first kappa shape index (κ1) is 30.0. The second kappa shape index (κ2) is 11.6. The molecule has 15 nitrogen and oxygen atoms in total. The van der Waals surface area contributed by atoms with Gasteiger partial charge in [0.1, 0.15) is 64.8 Å². The van der Waals surface area contributed by atoms with Crippen molar-refractivity contribution in [1.29, 1.82) is 0 Å². The van der Waals surface area contributed by atoms with Crippen molar-refractivity contribution in [3.05, 3.63) is 46.6 Å². The van der Waals surface area contributed by atoms with Crippen LogP contribution >= 0.6 is 0 Å². The zero-order chi connectivity index (χ0) is 30.5. The molecule has 2 aliphatic heterocycles. The number of aliphatic hydroxyl groups is 6. The van der Waals surface area contributed by atoms with Crippen LogP contribution in [0.5, 0.6) is 23.0 Å². The summed E-state index contributed by atoms with van der Waals surface area (Å²) in [6, 6.07) is 7.31. The highest BCUT2D eigenvalue weighted by atomic mass is 16.8. The van der Waals surface area contributed by atoms with E-state index in [4.69, 9.17) is 23.4 Å². The Bertz CT molecular complexity index is 1470. The molecule has 228 valence electrons. The van der Waals surface area contributed by atoms with Crippen LogP contribution in [0.3, 0.4) is 0 Å². The monoisotopic (exact) mass is 594 g/mol. The van der Waals surface area contributed by atoms with E-state index in [1.54, 1.807) is 0 Å². The van der Waals surface area contributed by atoms with Crippen molar-refractivity contribution >= 4 is 11.0 Å². The average Bonchev–Trinajstić information content (AvgIpc) is 2.95. The van der Waals surface area contributed by atoms with Crippen molar-refractivity contribution in [2.24, 2.45) is 0 Å². The average molecular weight is 595 g/mol. The van der Waals surface area contributed by atoms with E-state index in [2.05, 4.69) is 0 Å². The maximum atomic E-state index is 13.7. The van der Waals surface area contributed by atoms with Crippen LogP contribution in [-0.2, 0) is 14.2 Å². The van der Waals surface area contributed by atoms with E-state index < -0.39 is 96.1 Å². The van der Waals surface area contributed by atoms with Crippen LogP contribution in [-0.4, -0.2) is 114 Å². The molecule has 0 bridgehead atoms. The molecule has 2 saturated heterocycles. The number of rotatable bonds is 6. The number of phenolic OH excluding ortho intramolecular Hbond substituents is 3. The van der Waals surface area contributed by atoms with Gasteiger partial charge in [-0.15, -0.1) is 0 Å². The Morgan fingerprint density at radius 3 is 2.17 bits per heavy atom. The molecule has 5 rings (SSSR count). The lowest BCUT2D eigenvalue weighted by atomic mass is 9.97. The van der Waals surface area contributed by atoms with Crippen LogP contribution in [0.2, 0.25) is 0 Å². The van der Waals surface area contributed by atoms with E-state index in [0.717, 1.165) is 12.1 Å². The molecule has 3 heterocycles. The Balaban J connectivity index is 1.60. The number of aromatic hydroxyl groups is 3. The number of ether oxygens (including phenoxy) is 4. The Hall–Kier alpha value is -3.51. The third kappa shape index (κ3) is 5.37. The Morgan fingerprint density at radius 1 is 0.810 bits per heavy atom. The third-order valence-corrected chi connectivity index (χ3v) is 7.21. The van der Waals surface area contributed by atoms with Gasteiger partial charge in [0.15, 0.2) is 18.2 Å². The minimum Gasteiger partial charge on any atom is -0.508 e. The number of benzene rings is 2. The SMILES string of the molecule is C[C@H]1O[C@@H](O[C@H]2[C@H](Oc3c(-c4ccc(O)cc4)oc4cc(O)cc(O)c4c3=O)O[C@H](CO)[C@@H](O)[C@H]2O)[C@@H](O)[C@H](O)[C@H]1O. The van der Waals surface area contributed by atoms with Gasteiger partial charge >= 0.3 is 0 Å². The van der Waals surface area contributed by atoms with E-state index in [1.165, 1.54) is 31.2 Å². The number of hydrogen-bond acceptors (Lipinski definition) is 15. The van der Waals surface area contributed by atoms with Gasteiger partial charge in [0.25, 0.3) is 0 Å². The molecule has 2 fully saturated rings. The highest BCUT2D eigenvalue weighted by molar-refractivity contribution is 5.88. The second-order valence-electron chi connectivity index (χ2n) is 10.1. The summed E-state index contributed by atoms with van der Waals surface area (Å²) in [7, 11) is 0. The van der Waals surface area contributed by atoms with Gasteiger partial charge in [-0.2, -0.15) is 0 Å². The van der Waals surface area contributed by atoms with Crippen LogP contribution in [0, 0.1) is 0 Å². The number of hydrogen-bond donors (Lipinski definition) is 9. The van der Waals surface area contributed by atoms with Gasteiger partial charge in [-0.1, -0.05) is 0 Å². The van der Waals surface area contributed by atoms with Crippen molar-refractivity contribution < 1.29 is 69.3 Å². The summed E-state index contributed by atoms with van der Waals surface area (Å²) >= 11 is 0. The summed E-state index contributed by atoms with van der Waals surface area (Å²) in [4.78, 5) is 13.7. The van der Waals surface area contributed by atoms with E-state index >= 15 is 0 Å². The second-order valence-corrected chi connectivity index (χ2v) is 10.1. The standard InChI is InChI=1S/C27H30O15/c1-9-17(32)20(35)22(37)26(38-9)42-25-21(36)18(33)15(8-28)40-27(25)41-24-19(34)16-13(31)6-12(30)7-14(16)39-23(24)10-2-4-11(29)5-3-10/h2-7,9,15,17-18,20-22,25-33,35-37H,8H2,1H3/t9-,15-,17+,18-,20-,21-,22+,25-,26+,27+/m1/s1. The number of aliphatic hydroxyl groups excluding tert-OH is 6. The van der Waals surface area contributed by atoms with Crippen molar-refractivity contribution in [1.82, 2.24) is 0 Å². The fourth-order valence-electron chi connectivity index (χ4n) is 4.87. The van der Waals surface area contributed by atoms with Gasteiger partial charge < -0.3 is 69.3 Å². The van der Waals surface area contributed by atoms with Gasteiger partial charge in [0.2, 0.25) is 17.5 Å².